The third-order valence-corrected chi connectivity index (χ3v) is 6.07. The number of halogens is 2. The van der Waals surface area contributed by atoms with Crippen molar-refractivity contribution in [2.75, 3.05) is 26.7 Å². The van der Waals surface area contributed by atoms with Gasteiger partial charge in [0.05, 0.1) is 18.8 Å². The summed E-state index contributed by atoms with van der Waals surface area (Å²) in [5.41, 5.74) is 0.370. The average molecular weight is 397 g/mol. The zero-order valence-electron chi connectivity index (χ0n) is 16.1. The van der Waals surface area contributed by atoms with Gasteiger partial charge in [0, 0.05) is 37.3 Å². The number of rotatable bonds is 6. The van der Waals surface area contributed by atoms with Gasteiger partial charge >= 0.3 is 0 Å². The normalized spacial score (nSPS) is 20.0. The van der Waals surface area contributed by atoms with Gasteiger partial charge in [-0.1, -0.05) is 36.9 Å². The summed E-state index contributed by atoms with van der Waals surface area (Å²) >= 11 is 6.06. The molecule has 1 saturated heterocycles. The highest BCUT2D eigenvalue weighted by Gasteiger charge is 2.25. The van der Waals surface area contributed by atoms with E-state index in [1.54, 1.807) is 24.1 Å². The van der Waals surface area contributed by atoms with E-state index in [1.807, 2.05) is 0 Å². The van der Waals surface area contributed by atoms with Crippen LogP contribution in [0.3, 0.4) is 0 Å². The van der Waals surface area contributed by atoms with E-state index in [1.165, 1.54) is 38.2 Å². The van der Waals surface area contributed by atoms with Crippen molar-refractivity contribution in [1.29, 1.82) is 0 Å². The number of likely N-dealkylation sites (N-methyl/N-ethyl adjacent to an activating group) is 1. The van der Waals surface area contributed by atoms with E-state index in [4.69, 9.17) is 16.3 Å². The van der Waals surface area contributed by atoms with E-state index in [-0.39, 0.29) is 18.3 Å². The Morgan fingerprint density at radius 2 is 1.85 bits per heavy atom. The summed E-state index contributed by atoms with van der Waals surface area (Å²) in [6.45, 7) is 2.29. The molecule has 4 nitrogen and oxygen atoms in total. The molecule has 1 amide bonds. The molecule has 0 aromatic heterocycles. The van der Waals surface area contributed by atoms with Crippen LogP contribution in [0.2, 0.25) is 5.02 Å². The Balaban J connectivity index is 1.42. The zero-order valence-corrected chi connectivity index (χ0v) is 16.9. The number of nitrogens with zero attached hydrogens (tertiary/aromatic N) is 2. The molecule has 0 unspecified atom stereocenters. The lowest BCUT2D eigenvalue weighted by Gasteiger charge is -2.35. The molecule has 0 N–H and O–H groups in total. The van der Waals surface area contributed by atoms with Crippen LogP contribution < -0.4 is 0 Å². The molecule has 2 fully saturated rings. The topological polar surface area (TPSA) is 32.8 Å². The quantitative estimate of drug-likeness (QED) is 0.720. The number of ether oxygens (including phenoxy) is 1. The lowest BCUT2D eigenvalue weighted by atomic mass is 9.97. The maximum absolute atomic E-state index is 13.9. The number of carbonyl (C=O) groups excluding carboxylic acids is 1. The zero-order chi connectivity index (χ0) is 19.2. The second kappa shape index (κ2) is 9.85. The van der Waals surface area contributed by atoms with E-state index in [2.05, 4.69) is 4.90 Å². The number of hydrogen-bond acceptors (Lipinski definition) is 3. The summed E-state index contributed by atoms with van der Waals surface area (Å²) < 4.78 is 20.2. The lowest BCUT2D eigenvalue weighted by Crippen LogP contribution is -2.44. The standard InChI is InChI=1S/C21H30ClFN2O2/c1-24(14-18-19(22)8-5-9-20(18)23)21(26)15-25-12-10-17(11-13-25)27-16-6-3-2-4-7-16/h5,8-9,16-17H,2-4,6-7,10-15H2,1H3. The van der Waals surface area contributed by atoms with Gasteiger partial charge in [-0.15, -0.1) is 0 Å². The third-order valence-electron chi connectivity index (χ3n) is 5.71. The fraction of sp³-hybridized carbons (Fsp3) is 0.667. The molecule has 150 valence electrons. The highest BCUT2D eigenvalue weighted by atomic mass is 35.5. The Labute approximate surface area is 166 Å². The van der Waals surface area contributed by atoms with Crippen molar-refractivity contribution in [2.45, 2.75) is 63.7 Å². The van der Waals surface area contributed by atoms with Gasteiger partial charge in [0.15, 0.2) is 0 Å². The Morgan fingerprint density at radius 1 is 1.19 bits per heavy atom. The van der Waals surface area contributed by atoms with Crippen LogP contribution in [0, 0.1) is 5.82 Å². The number of carbonyl (C=O) groups is 1. The van der Waals surface area contributed by atoms with Gasteiger partial charge in [0.1, 0.15) is 5.82 Å². The Bertz CT molecular complexity index is 608. The van der Waals surface area contributed by atoms with Gasteiger partial charge in [-0.3, -0.25) is 9.69 Å². The molecule has 3 rings (SSSR count). The Kier molecular flexibility index (Phi) is 7.50. The number of piperidine rings is 1. The minimum absolute atomic E-state index is 0.0130. The maximum atomic E-state index is 13.9. The predicted molar refractivity (Wildman–Crippen MR) is 105 cm³/mol. The van der Waals surface area contributed by atoms with Crippen LogP contribution in [0.1, 0.15) is 50.5 Å². The molecule has 2 aliphatic rings. The molecule has 1 heterocycles. The first-order valence-electron chi connectivity index (χ1n) is 10.1. The Morgan fingerprint density at radius 3 is 2.52 bits per heavy atom. The second-order valence-corrected chi connectivity index (χ2v) is 8.23. The summed E-state index contributed by atoms with van der Waals surface area (Å²) in [4.78, 5) is 16.2. The molecule has 1 aliphatic heterocycles. The first-order chi connectivity index (χ1) is 13.0. The summed E-state index contributed by atoms with van der Waals surface area (Å²) in [6, 6.07) is 4.59. The van der Waals surface area contributed by atoms with Gasteiger partial charge in [-0.25, -0.2) is 4.39 Å². The van der Waals surface area contributed by atoms with Crippen LogP contribution in [-0.2, 0) is 16.1 Å². The minimum Gasteiger partial charge on any atom is -0.375 e. The number of hydrogen-bond donors (Lipinski definition) is 0. The van der Waals surface area contributed by atoms with Crippen molar-refractivity contribution >= 4 is 17.5 Å². The molecule has 0 bridgehead atoms. The lowest BCUT2D eigenvalue weighted by molar-refractivity contribution is -0.132. The van der Waals surface area contributed by atoms with Crippen molar-refractivity contribution in [1.82, 2.24) is 9.80 Å². The molecule has 1 aromatic carbocycles. The van der Waals surface area contributed by atoms with E-state index >= 15 is 0 Å². The van der Waals surface area contributed by atoms with Crippen molar-refractivity contribution in [3.8, 4) is 0 Å². The maximum Gasteiger partial charge on any atom is 0.236 e. The molecule has 6 heteroatoms. The van der Waals surface area contributed by atoms with Crippen molar-refractivity contribution in [2.24, 2.45) is 0 Å². The summed E-state index contributed by atoms with van der Waals surface area (Å²) in [6.07, 6.45) is 9.03. The molecule has 0 atom stereocenters. The van der Waals surface area contributed by atoms with E-state index in [0.717, 1.165) is 25.9 Å². The van der Waals surface area contributed by atoms with Crippen molar-refractivity contribution in [3.63, 3.8) is 0 Å². The van der Waals surface area contributed by atoms with Crippen molar-refractivity contribution in [3.05, 3.63) is 34.6 Å². The van der Waals surface area contributed by atoms with Crippen LogP contribution in [0.15, 0.2) is 18.2 Å². The van der Waals surface area contributed by atoms with Crippen molar-refractivity contribution < 1.29 is 13.9 Å². The van der Waals surface area contributed by atoms with Crippen LogP contribution in [0.25, 0.3) is 0 Å². The number of likely N-dealkylation sites (tertiary alicyclic amines) is 1. The fourth-order valence-electron chi connectivity index (χ4n) is 4.00. The summed E-state index contributed by atoms with van der Waals surface area (Å²) in [7, 11) is 1.70. The third kappa shape index (κ3) is 5.90. The summed E-state index contributed by atoms with van der Waals surface area (Å²) in [5.74, 6) is -0.385. The average Bonchev–Trinajstić information content (AvgIpc) is 2.67. The molecule has 0 radical (unpaired) electrons. The first-order valence-corrected chi connectivity index (χ1v) is 10.5. The minimum atomic E-state index is -0.372. The number of amides is 1. The molecule has 1 aromatic rings. The largest absolute Gasteiger partial charge is 0.375 e. The van der Waals surface area contributed by atoms with E-state index < -0.39 is 0 Å². The first kappa shape index (κ1) is 20.6. The van der Waals surface area contributed by atoms with Gasteiger partial charge in [-0.2, -0.15) is 0 Å². The van der Waals surface area contributed by atoms with E-state index in [0.29, 0.717) is 29.3 Å². The molecular formula is C21H30ClFN2O2. The molecule has 27 heavy (non-hydrogen) atoms. The molecular weight excluding hydrogens is 367 g/mol. The monoisotopic (exact) mass is 396 g/mol. The SMILES string of the molecule is CN(Cc1c(F)cccc1Cl)C(=O)CN1CCC(OC2CCCCC2)CC1. The van der Waals surface area contributed by atoms with Crippen LogP contribution in [0.5, 0.6) is 0 Å². The summed E-state index contributed by atoms with van der Waals surface area (Å²) in [5, 5.41) is 0.357. The second-order valence-electron chi connectivity index (χ2n) is 7.82. The van der Waals surface area contributed by atoms with E-state index in [9.17, 15) is 9.18 Å². The molecule has 1 aliphatic carbocycles. The smallest absolute Gasteiger partial charge is 0.236 e. The number of benzene rings is 1. The van der Waals surface area contributed by atoms with Gasteiger partial charge in [0.2, 0.25) is 5.91 Å². The van der Waals surface area contributed by atoms with Crippen LogP contribution in [0.4, 0.5) is 4.39 Å². The van der Waals surface area contributed by atoms with Crippen LogP contribution in [-0.4, -0.2) is 54.6 Å². The fourth-order valence-corrected chi connectivity index (χ4v) is 4.22. The van der Waals surface area contributed by atoms with Gasteiger partial charge in [-0.05, 0) is 37.8 Å². The molecule has 0 spiro atoms. The highest BCUT2D eigenvalue weighted by Crippen LogP contribution is 2.25. The predicted octanol–water partition coefficient (Wildman–Crippen LogP) is 4.25. The van der Waals surface area contributed by atoms with Gasteiger partial charge in [0.25, 0.3) is 0 Å². The van der Waals surface area contributed by atoms with Gasteiger partial charge < -0.3 is 9.64 Å². The molecule has 1 saturated carbocycles. The highest BCUT2D eigenvalue weighted by molar-refractivity contribution is 6.31. The Hall–Kier alpha value is -1.17. The van der Waals surface area contributed by atoms with Crippen LogP contribution >= 0.6 is 11.6 Å².